The Balaban J connectivity index is 0.000000219. The lowest BCUT2D eigenvalue weighted by Gasteiger charge is -2.60. The monoisotopic (exact) mass is 2190 g/mol. The third kappa shape index (κ3) is 22.7. The first-order valence-corrected chi connectivity index (χ1v) is 93.2. The first-order chi connectivity index (χ1) is 53.1. The maximum absolute atomic E-state index is 13.7. The molecule has 4 amide bonds. The smallest absolute Gasteiger partial charge is 0.321 e. The quantitative estimate of drug-likeness (QED) is 0.0227. The molecule has 2 aromatic carbocycles. The summed E-state index contributed by atoms with van der Waals surface area (Å²) in [6, 6.07) is 17.8. The molecule has 114 heavy (non-hydrogen) atoms. The summed E-state index contributed by atoms with van der Waals surface area (Å²) in [5.74, 6) is -6.00. The number of amides is 4. The average Bonchev–Trinajstić information content (AvgIpc) is 1.50. The van der Waals surface area contributed by atoms with E-state index in [1.54, 1.807) is 54.6 Å². The van der Waals surface area contributed by atoms with E-state index >= 15 is 0 Å². The number of imide groups is 2. The van der Waals surface area contributed by atoms with Gasteiger partial charge in [0.2, 0.25) is 11.8 Å². The lowest BCUT2D eigenvalue weighted by Crippen LogP contribution is -2.69. The summed E-state index contributed by atoms with van der Waals surface area (Å²) in [5.41, 5.74) is -4.66. The molecule has 6 saturated carbocycles. The van der Waals surface area contributed by atoms with Crippen LogP contribution in [0.4, 0.5) is 11.4 Å². The summed E-state index contributed by atoms with van der Waals surface area (Å²) in [6.07, 6.45) is 6.76. The standard InChI is InChI=1S/C32H38ClNO7.C22H31ClO5.C10H7NO2.H30P28.H6P4/c1-17-11-12-31-15-24(35)27(37)32(31,40)30(17,3)25(41-26(36)16-33)14-22(18(31)2)19-9-10-21-23(13-19)29(39)34(28(21)38)20-7-5-4-6-8-20;1-6-12(2)15-9-17(28-18(25)11-23)20(5)13(3)7-8-21(14(15)4)10-16(24)19(26)22(20,21)27;12-9-6-7-10(13)11(9)8-4-2-1-3-5-8;1-16(2)23(15)27(24(17(3)4)18(5)6)28(25(19(7)8)20(9)10)26(21(11)12)22(13)14;1-4(2)3/h4-9,17-18,21-25,35,40H,10-16H2,1-3H3;6,13-17,24,27H,1-2,7-11H2,3-5H3;1-7H;1-15H2;1-3H2/t17-,18+,21?,22-,23?,24+,25-,30+,31+,32-;13-,14+,15+,16+,17-,20+,21+,22-;;;/m11.../s1. The van der Waals surface area contributed by atoms with Crippen LogP contribution in [0.1, 0.15) is 106 Å². The van der Waals surface area contributed by atoms with Gasteiger partial charge in [-0.2, -0.15) is 0 Å². The van der Waals surface area contributed by atoms with Crippen LogP contribution in [0.25, 0.3) is 0 Å². The number of Topliss-reactive ketones (excluding diaryl/α,β-unsaturated/α-hetero) is 2. The number of nitrogens with zero attached hydrogens (tertiary/aromatic N) is 2. The van der Waals surface area contributed by atoms with Crippen molar-refractivity contribution in [2.45, 2.75) is 141 Å². The van der Waals surface area contributed by atoms with Crippen molar-refractivity contribution in [3.63, 3.8) is 0 Å². The number of esters is 2. The maximum atomic E-state index is 13.7. The average molecular weight is 2200 g/mol. The second-order valence-corrected chi connectivity index (χ2v) is 154. The van der Waals surface area contributed by atoms with E-state index in [0.29, 0.717) is 56.3 Å². The summed E-state index contributed by atoms with van der Waals surface area (Å²) in [7, 11) is 56.9. The van der Waals surface area contributed by atoms with Crippen molar-refractivity contribution in [2.24, 2.45) is 69.0 Å². The Bertz CT molecular complexity index is 3820. The van der Waals surface area contributed by atoms with Crippen molar-refractivity contribution in [3.8, 4) is 0 Å². The highest BCUT2D eigenvalue weighted by molar-refractivity contribution is 9.42. The second-order valence-electron chi connectivity index (χ2n) is 29.8. The topological polar surface area (TPSA) is 242 Å². The van der Waals surface area contributed by atoms with Crippen LogP contribution >= 0.6 is 282 Å². The molecule has 4 N–H and O–H groups in total. The molecule has 50 heteroatoms. The molecule has 636 valence electrons. The molecule has 9 aliphatic rings. The van der Waals surface area contributed by atoms with Crippen LogP contribution in [-0.4, -0.2) is 115 Å². The third-order valence-electron chi connectivity index (χ3n) is 24.5. The minimum Gasteiger partial charge on any atom is -0.461 e. The minimum absolute atomic E-state index is 0.00189. The van der Waals surface area contributed by atoms with Gasteiger partial charge in [-0.1, -0.05) is 114 Å². The number of ketones is 2. The fourth-order valence-corrected chi connectivity index (χ4v) is 371. The number of anilines is 2. The van der Waals surface area contributed by atoms with Crippen LogP contribution in [0.3, 0.4) is 0 Å². The number of benzene rings is 2. The number of carbonyl (C=O) groups is 8. The van der Waals surface area contributed by atoms with Crippen molar-refractivity contribution in [2.75, 3.05) is 21.6 Å². The van der Waals surface area contributed by atoms with E-state index in [0.717, 1.165) is 22.5 Å². The van der Waals surface area contributed by atoms with Gasteiger partial charge in [-0.3, -0.25) is 43.3 Å². The number of para-hydroxylation sites is 2. The second kappa shape index (κ2) is 47.4. The fourth-order valence-electron chi connectivity index (χ4n) is 18.8. The molecule has 1 saturated heterocycles. The number of rotatable bonds is 21. The van der Waals surface area contributed by atoms with Crippen LogP contribution in [0.2, 0.25) is 0 Å². The van der Waals surface area contributed by atoms with Gasteiger partial charge in [0.25, 0.3) is 11.8 Å². The number of hydrogen-bond acceptors (Lipinski definition) is 14. The van der Waals surface area contributed by atoms with E-state index in [1.165, 1.54) is 17.1 Å². The van der Waals surface area contributed by atoms with Gasteiger partial charge in [0.1, 0.15) is 47.4 Å². The zero-order chi connectivity index (χ0) is 85.9. The molecule has 2 aliphatic heterocycles. The van der Waals surface area contributed by atoms with Crippen molar-refractivity contribution in [3.05, 3.63) is 109 Å². The van der Waals surface area contributed by atoms with Gasteiger partial charge in [0, 0.05) is 33.8 Å². The Morgan fingerprint density at radius 2 is 0.904 bits per heavy atom. The molecule has 11 rings (SSSR count). The van der Waals surface area contributed by atoms with Crippen LogP contribution in [-0.2, 0) is 47.8 Å². The third-order valence-corrected chi connectivity index (χ3v) is 209. The van der Waals surface area contributed by atoms with E-state index in [-0.39, 0.29) is 182 Å². The number of fused-ring (bicyclic) bond motifs is 1. The van der Waals surface area contributed by atoms with E-state index in [4.69, 9.17) is 32.7 Å². The number of alkyl halides is 2. The first-order valence-electron chi connectivity index (χ1n) is 35.7. The molecule has 4 bridgehead atoms. The van der Waals surface area contributed by atoms with E-state index in [2.05, 4.69) is 174 Å². The highest BCUT2D eigenvalue weighted by atomic mass is 35.5. The van der Waals surface area contributed by atoms with Gasteiger partial charge in [0.15, 0.2) is 11.6 Å². The first kappa shape index (κ1) is 109. The van der Waals surface area contributed by atoms with Crippen molar-refractivity contribution >= 4 is 340 Å². The SMILES string of the molecule is C=CC(=C)[C@@H]1C[C@@H](OC(=O)CCl)[C@]2(C)[C@H](C)CC[C@]3(C[C@H](O)C(=O)[C@]32O)[C@H]1C.C[C@@H]1CC[C@@]23C[C@H](O)C(=O)[C@@]2(O)[C@]1(C)[C@H](OC(=O)CCl)C[C@@H](C1=CCC2C(=O)N(c4ccccc4)C(=O)C2C1)[C@@H]3C.O=C1C=CC(=O)N1c1ccccc1.PP(P)P.PP(P)P(P)P(P(P(P)P)P(P)P)P(P(P(P)P)P(P)P)P(P(P)P)P(P)P. The van der Waals surface area contributed by atoms with Crippen molar-refractivity contribution in [1.82, 2.24) is 0 Å². The maximum Gasteiger partial charge on any atom is 0.321 e. The van der Waals surface area contributed by atoms with Crippen LogP contribution in [0.5, 0.6) is 0 Å². The molecule has 2 aromatic rings. The molecular weight excluding hydrogens is 2080 g/mol. The molecule has 7 fully saturated rings. The summed E-state index contributed by atoms with van der Waals surface area (Å²) >= 11 is 11.6. The predicted octanol–water partition coefficient (Wildman–Crippen LogP) is 25.9. The number of hydrogen-bond donors (Lipinski definition) is 4. The van der Waals surface area contributed by atoms with E-state index in [9.17, 15) is 58.8 Å². The van der Waals surface area contributed by atoms with Gasteiger partial charge in [-0.15, -0.1) is 184 Å². The number of halogens is 2. The Labute approximate surface area is 742 Å². The van der Waals surface area contributed by atoms with Crippen molar-refractivity contribution < 1.29 is 68.3 Å². The normalized spacial score (nSPS) is 33.5. The Morgan fingerprint density at radius 1 is 0.535 bits per heavy atom. The van der Waals surface area contributed by atoms with Gasteiger partial charge in [-0.05, 0) is 222 Å². The molecule has 0 radical (unpaired) electrons. The molecule has 16 nitrogen and oxygen atoms in total. The molecule has 0 aromatic heterocycles. The zero-order valence-electron chi connectivity index (χ0n) is 64.1. The number of aliphatic hydroxyl groups excluding tert-OH is 2. The highest BCUT2D eigenvalue weighted by Gasteiger charge is 2.80. The summed E-state index contributed by atoms with van der Waals surface area (Å²) in [4.78, 5) is 104. The molecule has 22 unspecified atom stereocenters. The Hall–Kier alpha value is 8.14. The van der Waals surface area contributed by atoms with Gasteiger partial charge in [0.05, 0.1) is 23.2 Å². The lowest BCUT2D eigenvalue weighted by molar-refractivity contribution is -0.234. The van der Waals surface area contributed by atoms with Crippen LogP contribution in [0, 0.1) is 69.0 Å². The predicted molar refractivity (Wildman–Crippen MR) is 577 cm³/mol. The molecule has 7 aliphatic carbocycles. The van der Waals surface area contributed by atoms with Gasteiger partial charge in [-0.25, -0.2) is 4.90 Å². The Kier molecular flexibility index (Phi) is 45.4. The zero-order valence-corrected chi connectivity index (χ0v) is 98.9. The molecule has 2 heterocycles. The van der Waals surface area contributed by atoms with Crippen LogP contribution in [0.15, 0.2) is 109 Å². The number of aliphatic hydroxyl groups is 4. The van der Waals surface area contributed by atoms with Gasteiger partial charge < -0.3 is 29.9 Å². The minimum atomic E-state index is -1.90. The fraction of sp³-hybridized carbons (Fsp3) is 0.562. The number of carbonyl (C=O) groups excluding carboxylic acids is 8. The van der Waals surface area contributed by atoms with E-state index in [1.807, 2.05) is 59.8 Å². The largest absolute Gasteiger partial charge is 0.461 e. The summed E-state index contributed by atoms with van der Waals surface area (Å²) < 4.78 is 11.7. The summed E-state index contributed by atoms with van der Waals surface area (Å²) in [6.45, 7) is 19.7. The lowest BCUT2D eigenvalue weighted by atomic mass is 9.46. The highest BCUT2D eigenvalue weighted by Crippen LogP contribution is 3.37. The molecular formula is C64H112Cl2N2O14P32. The number of allylic oxidation sites excluding steroid dienone is 4. The molecule has 0 spiro atoms. The Morgan fingerprint density at radius 3 is 1.28 bits per heavy atom. The van der Waals surface area contributed by atoms with E-state index < -0.39 is 92.6 Å². The van der Waals surface area contributed by atoms with Crippen molar-refractivity contribution in [1.29, 1.82) is 0 Å². The molecule has 38 atom stereocenters. The number of ether oxygens (including phenoxy) is 2. The van der Waals surface area contributed by atoms with Gasteiger partial charge >= 0.3 is 11.9 Å². The summed E-state index contributed by atoms with van der Waals surface area (Å²) in [5, 5.41) is 46.2. The van der Waals surface area contributed by atoms with Crippen LogP contribution < -0.4 is 9.80 Å².